The number of amides is 2. The van der Waals surface area contributed by atoms with Crippen molar-refractivity contribution < 1.29 is 14.1 Å². The first-order chi connectivity index (χ1) is 14.1. The molecule has 1 aliphatic heterocycles. The molecule has 0 saturated carbocycles. The largest absolute Gasteiger partial charge is 0.353 e. The highest BCUT2D eigenvalue weighted by molar-refractivity contribution is 6.00. The first-order valence-corrected chi connectivity index (χ1v) is 9.64. The highest BCUT2D eigenvalue weighted by atomic mass is 16.5. The lowest BCUT2D eigenvalue weighted by atomic mass is 10.1. The summed E-state index contributed by atoms with van der Waals surface area (Å²) in [5.41, 5.74) is 1.70. The fourth-order valence-electron chi connectivity index (χ4n) is 3.46. The first-order valence-electron chi connectivity index (χ1n) is 9.64. The van der Waals surface area contributed by atoms with Crippen LogP contribution in [0.5, 0.6) is 0 Å². The van der Waals surface area contributed by atoms with Crippen molar-refractivity contribution in [2.45, 2.75) is 25.8 Å². The molecule has 2 atom stereocenters. The van der Waals surface area contributed by atoms with Crippen LogP contribution in [0.3, 0.4) is 0 Å². The van der Waals surface area contributed by atoms with Gasteiger partial charge in [-0.05, 0) is 19.1 Å². The van der Waals surface area contributed by atoms with E-state index in [0.717, 1.165) is 11.3 Å². The van der Waals surface area contributed by atoms with Crippen molar-refractivity contribution in [1.82, 2.24) is 15.5 Å². The van der Waals surface area contributed by atoms with Crippen LogP contribution in [0.1, 0.15) is 19.2 Å². The number of nitrogens with one attached hydrogen (secondary N) is 1. The van der Waals surface area contributed by atoms with E-state index in [1.165, 1.54) is 0 Å². The van der Waals surface area contributed by atoms with Crippen molar-refractivity contribution in [3.05, 3.63) is 66.6 Å². The molecule has 1 fully saturated rings. The number of carbonyl (C=O) groups is 2. The van der Waals surface area contributed by atoms with E-state index in [1.54, 1.807) is 4.90 Å². The summed E-state index contributed by atoms with van der Waals surface area (Å²) in [5.74, 6) is 0.456. The predicted octanol–water partition coefficient (Wildman–Crippen LogP) is 2.84. The summed E-state index contributed by atoms with van der Waals surface area (Å²) in [4.78, 5) is 31.0. The third kappa shape index (κ3) is 4.34. The molecule has 0 spiro atoms. The van der Waals surface area contributed by atoms with Crippen LogP contribution in [-0.2, 0) is 16.0 Å². The third-order valence-corrected chi connectivity index (χ3v) is 4.93. The van der Waals surface area contributed by atoms with Gasteiger partial charge in [-0.3, -0.25) is 9.59 Å². The van der Waals surface area contributed by atoms with Gasteiger partial charge in [0.05, 0.1) is 5.92 Å². The molecule has 0 bridgehead atoms. The molecule has 0 unspecified atom stereocenters. The molecule has 3 aromatic rings. The minimum Gasteiger partial charge on any atom is -0.353 e. The molecular weight excluding hydrogens is 368 g/mol. The SMILES string of the molecule is C[C@@H](Cc1nc(-c2ccccc2)no1)NC(=O)[C@@H]1CC(=O)N(c2ccccc2)C1. The summed E-state index contributed by atoms with van der Waals surface area (Å²) in [5, 5.41) is 6.97. The molecule has 1 saturated heterocycles. The second-order valence-electron chi connectivity index (χ2n) is 7.23. The van der Waals surface area contributed by atoms with Crippen molar-refractivity contribution in [3.8, 4) is 11.4 Å². The zero-order valence-corrected chi connectivity index (χ0v) is 16.1. The van der Waals surface area contributed by atoms with Crippen LogP contribution < -0.4 is 10.2 Å². The topological polar surface area (TPSA) is 88.3 Å². The molecule has 7 heteroatoms. The molecular formula is C22H22N4O3. The Morgan fingerprint density at radius 2 is 1.86 bits per heavy atom. The lowest BCUT2D eigenvalue weighted by molar-refractivity contribution is -0.126. The van der Waals surface area contributed by atoms with Crippen LogP contribution in [0.15, 0.2) is 65.2 Å². The number of carbonyl (C=O) groups excluding carboxylic acids is 2. The van der Waals surface area contributed by atoms with Gasteiger partial charge in [0.25, 0.3) is 0 Å². The monoisotopic (exact) mass is 390 g/mol. The molecule has 1 aromatic heterocycles. The summed E-state index contributed by atoms with van der Waals surface area (Å²) < 4.78 is 5.31. The van der Waals surface area contributed by atoms with E-state index in [2.05, 4.69) is 15.5 Å². The van der Waals surface area contributed by atoms with Crippen molar-refractivity contribution in [2.24, 2.45) is 5.92 Å². The van der Waals surface area contributed by atoms with Gasteiger partial charge in [-0.25, -0.2) is 0 Å². The molecule has 0 aliphatic carbocycles. The van der Waals surface area contributed by atoms with Gasteiger partial charge in [0.15, 0.2) is 0 Å². The van der Waals surface area contributed by atoms with E-state index in [-0.39, 0.29) is 30.2 Å². The van der Waals surface area contributed by atoms with Crippen LogP contribution in [-0.4, -0.2) is 34.5 Å². The molecule has 4 rings (SSSR count). The van der Waals surface area contributed by atoms with Crippen LogP contribution in [0, 0.1) is 5.92 Å². The minimum atomic E-state index is -0.368. The number of hydrogen-bond acceptors (Lipinski definition) is 5. The van der Waals surface area contributed by atoms with Gasteiger partial charge in [0.2, 0.25) is 23.5 Å². The van der Waals surface area contributed by atoms with E-state index in [1.807, 2.05) is 67.6 Å². The number of benzene rings is 2. The molecule has 2 heterocycles. The van der Waals surface area contributed by atoms with Crippen LogP contribution in [0.4, 0.5) is 5.69 Å². The molecule has 7 nitrogen and oxygen atoms in total. The van der Waals surface area contributed by atoms with Gasteiger partial charge in [0, 0.05) is 36.7 Å². The van der Waals surface area contributed by atoms with Crippen molar-refractivity contribution >= 4 is 17.5 Å². The van der Waals surface area contributed by atoms with Crippen LogP contribution in [0.25, 0.3) is 11.4 Å². The highest BCUT2D eigenvalue weighted by Gasteiger charge is 2.35. The Labute approximate surface area is 168 Å². The van der Waals surface area contributed by atoms with Crippen molar-refractivity contribution in [1.29, 1.82) is 0 Å². The smallest absolute Gasteiger partial charge is 0.229 e. The van der Waals surface area contributed by atoms with E-state index in [4.69, 9.17) is 4.52 Å². The van der Waals surface area contributed by atoms with E-state index in [0.29, 0.717) is 24.7 Å². The normalized spacial score (nSPS) is 17.3. The minimum absolute atomic E-state index is 0.0339. The quantitative estimate of drug-likeness (QED) is 0.699. The number of nitrogens with zero attached hydrogens (tertiary/aromatic N) is 3. The number of anilines is 1. The molecule has 1 aliphatic rings. The maximum absolute atomic E-state index is 12.6. The lowest BCUT2D eigenvalue weighted by Crippen LogP contribution is -2.39. The number of hydrogen-bond donors (Lipinski definition) is 1. The average molecular weight is 390 g/mol. The first kappa shape index (κ1) is 18.9. The molecule has 148 valence electrons. The molecule has 2 amide bonds. The van der Waals surface area contributed by atoms with Gasteiger partial charge < -0.3 is 14.7 Å². The summed E-state index contributed by atoms with van der Waals surface area (Å²) in [7, 11) is 0. The fraction of sp³-hybridized carbons (Fsp3) is 0.273. The standard InChI is InChI=1S/C22H22N4O3/c1-15(12-19-24-21(25-29-19)16-8-4-2-5-9-16)23-22(28)17-13-20(27)26(14-17)18-10-6-3-7-11-18/h2-11,15,17H,12-14H2,1H3,(H,23,28)/t15-,17+/m0/s1. The highest BCUT2D eigenvalue weighted by Crippen LogP contribution is 2.25. The van der Waals surface area contributed by atoms with Gasteiger partial charge in [-0.1, -0.05) is 53.7 Å². The Morgan fingerprint density at radius 3 is 2.59 bits per heavy atom. The molecule has 0 radical (unpaired) electrons. The third-order valence-electron chi connectivity index (χ3n) is 4.93. The van der Waals surface area contributed by atoms with E-state index < -0.39 is 0 Å². The number of rotatable bonds is 6. The summed E-state index contributed by atoms with van der Waals surface area (Å²) >= 11 is 0. The van der Waals surface area contributed by atoms with Crippen LogP contribution in [0.2, 0.25) is 0 Å². The van der Waals surface area contributed by atoms with Crippen LogP contribution >= 0.6 is 0 Å². The van der Waals surface area contributed by atoms with Crippen molar-refractivity contribution in [2.75, 3.05) is 11.4 Å². The maximum atomic E-state index is 12.6. The van der Waals surface area contributed by atoms with E-state index in [9.17, 15) is 9.59 Å². The zero-order valence-electron chi connectivity index (χ0n) is 16.1. The lowest BCUT2D eigenvalue weighted by Gasteiger charge is -2.18. The average Bonchev–Trinajstić information content (AvgIpc) is 3.36. The fourth-order valence-corrected chi connectivity index (χ4v) is 3.46. The second kappa shape index (κ2) is 8.26. The summed E-state index contributed by atoms with van der Waals surface area (Å²) in [6.07, 6.45) is 0.640. The summed E-state index contributed by atoms with van der Waals surface area (Å²) in [6.45, 7) is 2.27. The van der Waals surface area contributed by atoms with E-state index >= 15 is 0 Å². The van der Waals surface area contributed by atoms with Gasteiger partial charge in [-0.2, -0.15) is 4.98 Å². The second-order valence-corrected chi connectivity index (χ2v) is 7.23. The van der Waals surface area contributed by atoms with Gasteiger partial charge >= 0.3 is 0 Å². The molecule has 1 N–H and O–H groups in total. The Morgan fingerprint density at radius 1 is 1.17 bits per heavy atom. The number of para-hydroxylation sites is 1. The van der Waals surface area contributed by atoms with Gasteiger partial charge in [0.1, 0.15) is 0 Å². The van der Waals surface area contributed by atoms with Crippen molar-refractivity contribution in [3.63, 3.8) is 0 Å². The summed E-state index contributed by atoms with van der Waals surface area (Å²) in [6, 6.07) is 18.8. The number of aromatic nitrogens is 2. The Hall–Kier alpha value is -3.48. The Bertz CT molecular complexity index is 988. The Balaban J connectivity index is 1.33. The zero-order chi connectivity index (χ0) is 20.2. The maximum Gasteiger partial charge on any atom is 0.229 e. The predicted molar refractivity (Wildman–Crippen MR) is 108 cm³/mol. The molecule has 29 heavy (non-hydrogen) atoms. The Kier molecular flexibility index (Phi) is 5.37. The van der Waals surface area contributed by atoms with Gasteiger partial charge in [-0.15, -0.1) is 0 Å². The molecule has 2 aromatic carbocycles.